The van der Waals surface area contributed by atoms with E-state index in [1.165, 1.54) is 0 Å². The van der Waals surface area contributed by atoms with Gasteiger partial charge in [0.1, 0.15) is 6.23 Å². The van der Waals surface area contributed by atoms with Gasteiger partial charge in [0.05, 0.1) is 6.61 Å². The molecule has 1 aromatic rings. The molecule has 1 heterocycles. The molecule has 1 aromatic carbocycles. The number of carbonyl (C=O) groups excluding carboxylic acids is 1. The Morgan fingerprint density at radius 2 is 2.31 bits per heavy atom. The zero-order valence-electron chi connectivity index (χ0n) is 9.77. The van der Waals surface area contributed by atoms with E-state index in [-0.39, 0.29) is 12.1 Å². The first kappa shape index (κ1) is 11.1. The van der Waals surface area contributed by atoms with Gasteiger partial charge in [-0.05, 0) is 32.4 Å². The SMILES string of the molecule is Cc1cccc(C(=O)N2CCCOC2C)c1. The Kier molecular flexibility index (Phi) is 3.25. The van der Waals surface area contributed by atoms with Gasteiger partial charge in [-0.15, -0.1) is 0 Å². The third-order valence-corrected chi connectivity index (χ3v) is 2.87. The maximum absolute atomic E-state index is 12.2. The quantitative estimate of drug-likeness (QED) is 0.724. The van der Waals surface area contributed by atoms with E-state index in [9.17, 15) is 4.79 Å². The van der Waals surface area contributed by atoms with Gasteiger partial charge in [-0.3, -0.25) is 4.79 Å². The van der Waals surface area contributed by atoms with Crippen LogP contribution < -0.4 is 0 Å². The summed E-state index contributed by atoms with van der Waals surface area (Å²) in [5.41, 5.74) is 1.86. The molecule has 1 saturated heterocycles. The molecule has 0 bridgehead atoms. The summed E-state index contributed by atoms with van der Waals surface area (Å²) in [4.78, 5) is 14.0. The molecule has 0 aromatic heterocycles. The minimum absolute atomic E-state index is 0.0656. The molecule has 2 rings (SSSR count). The summed E-state index contributed by atoms with van der Waals surface area (Å²) in [5.74, 6) is 0.0656. The minimum atomic E-state index is -0.109. The maximum atomic E-state index is 12.2. The van der Waals surface area contributed by atoms with Crippen molar-refractivity contribution in [3.63, 3.8) is 0 Å². The molecule has 3 heteroatoms. The third kappa shape index (κ3) is 2.25. The van der Waals surface area contributed by atoms with Gasteiger partial charge in [-0.2, -0.15) is 0 Å². The highest BCUT2D eigenvalue weighted by atomic mass is 16.5. The zero-order valence-corrected chi connectivity index (χ0v) is 9.77. The second kappa shape index (κ2) is 4.66. The fourth-order valence-electron chi connectivity index (χ4n) is 1.97. The Morgan fingerprint density at radius 3 is 3.00 bits per heavy atom. The Morgan fingerprint density at radius 1 is 1.50 bits per heavy atom. The van der Waals surface area contributed by atoms with Crippen LogP contribution in [0.1, 0.15) is 29.3 Å². The van der Waals surface area contributed by atoms with Crippen molar-refractivity contribution in [2.24, 2.45) is 0 Å². The number of hydrogen-bond acceptors (Lipinski definition) is 2. The number of rotatable bonds is 1. The van der Waals surface area contributed by atoms with E-state index >= 15 is 0 Å². The van der Waals surface area contributed by atoms with Crippen molar-refractivity contribution in [3.8, 4) is 0 Å². The van der Waals surface area contributed by atoms with E-state index in [2.05, 4.69) is 0 Å². The summed E-state index contributed by atoms with van der Waals surface area (Å²) in [6.45, 7) is 5.45. The molecule has 1 aliphatic rings. The largest absolute Gasteiger partial charge is 0.359 e. The average Bonchev–Trinajstić information content (AvgIpc) is 2.29. The first-order valence-corrected chi connectivity index (χ1v) is 5.68. The lowest BCUT2D eigenvalue weighted by atomic mass is 10.1. The number of amides is 1. The highest BCUT2D eigenvalue weighted by Gasteiger charge is 2.24. The fraction of sp³-hybridized carbons (Fsp3) is 0.462. The van der Waals surface area contributed by atoms with Gasteiger partial charge in [-0.1, -0.05) is 17.7 Å². The number of nitrogens with zero attached hydrogens (tertiary/aromatic N) is 1. The molecule has 0 N–H and O–H groups in total. The number of benzene rings is 1. The predicted molar refractivity (Wildman–Crippen MR) is 62.2 cm³/mol. The van der Waals surface area contributed by atoms with Gasteiger partial charge >= 0.3 is 0 Å². The van der Waals surface area contributed by atoms with Gasteiger partial charge in [0, 0.05) is 12.1 Å². The molecule has 1 amide bonds. The van der Waals surface area contributed by atoms with Crippen LogP contribution in [0, 0.1) is 6.92 Å². The zero-order chi connectivity index (χ0) is 11.5. The number of hydrogen-bond donors (Lipinski definition) is 0. The number of carbonyl (C=O) groups is 1. The van der Waals surface area contributed by atoms with Crippen molar-refractivity contribution in [1.29, 1.82) is 0 Å². The molecule has 0 spiro atoms. The first-order valence-electron chi connectivity index (χ1n) is 5.68. The van der Waals surface area contributed by atoms with Crippen molar-refractivity contribution >= 4 is 5.91 Å². The predicted octanol–water partition coefficient (Wildman–Crippen LogP) is 2.20. The lowest BCUT2D eigenvalue weighted by Crippen LogP contribution is -2.44. The Balaban J connectivity index is 2.17. The van der Waals surface area contributed by atoms with Gasteiger partial charge in [0.25, 0.3) is 5.91 Å². The van der Waals surface area contributed by atoms with Crippen LogP contribution in [0.15, 0.2) is 24.3 Å². The van der Waals surface area contributed by atoms with E-state index in [1.54, 1.807) is 4.90 Å². The molecule has 86 valence electrons. The third-order valence-electron chi connectivity index (χ3n) is 2.87. The molecule has 1 aliphatic heterocycles. The summed E-state index contributed by atoms with van der Waals surface area (Å²) < 4.78 is 5.47. The molecular weight excluding hydrogens is 202 g/mol. The van der Waals surface area contributed by atoms with Crippen molar-refractivity contribution in [1.82, 2.24) is 4.90 Å². The molecule has 0 radical (unpaired) electrons. The second-order valence-electron chi connectivity index (χ2n) is 4.19. The van der Waals surface area contributed by atoms with E-state index in [4.69, 9.17) is 4.74 Å². The molecule has 0 saturated carbocycles. The van der Waals surface area contributed by atoms with E-state index < -0.39 is 0 Å². The van der Waals surface area contributed by atoms with Crippen molar-refractivity contribution < 1.29 is 9.53 Å². The molecule has 3 nitrogen and oxygen atoms in total. The fourth-order valence-corrected chi connectivity index (χ4v) is 1.97. The Bertz CT molecular complexity index is 389. The maximum Gasteiger partial charge on any atom is 0.255 e. The van der Waals surface area contributed by atoms with Crippen molar-refractivity contribution in [2.45, 2.75) is 26.5 Å². The van der Waals surface area contributed by atoms with Crippen LogP contribution in [0.25, 0.3) is 0 Å². The highest BCUT2D eigenvalue weighted by molar-refractivity contribution is 5.94. The van der Waals surface area contributed by atoms with Crippen LogP contribution in [0.2, 0.25) is 0 Å². The summed E-state index contributed by atoms with van der Waals surface area (Å²) in [6, 6.07) is 7.69. The van der Waals surface area contributed by atoms with Gasteiger partial charge < -0.3 is 9.64 Å². The topological polar surface area (TPSA) is 29.5 Å². The standard InChI is InChI=1S/C13H17NO2/c1-10-5-3-6-12(9-10)13(15)14-7-4-8-16-11(14)2/h3,5-6,9,11H,4,7-8H2,1-2H3. The first-order chi connectivity index (χ1) is 7.68. The molecule has 16 heavy (non-hydrogen) atoms. The molecule has 1 fully saturated rings. The van der Waals surface area contributed by atoms with Crippen LogP contribution in [-0.2, 0) is 4.74 Å². The van der Waals surface area contributed by atoms with Crippen LogP contribution in [0.4, 0.5) is 0 Å². The van der Waals surface area contributed by atoms with Gasteiger partial charge in [0.2, 0.25) is 0 Å². The van der Waals surface area contributed by atoms with E-state index in [1.807, 2.05) is 38.1 Å². The van der Waals surface area contributed by atoms with Crippen LogP contribution in [0.5, 0.6) is 0 Å². The minimum Gasteiger partial charge on any atom is -0.359 e. The van der Waals surface area contributed by atoms with E-state index in [0.717, 1.165) is 30.7 Å². The van der Waals surface area contributed by atoms with Crippen LogP contribution in [0.3, 0.4) is 0 Å². The van der Waals surface area contributed by atoms with Gasteiger partial charge in [-0.25, -0.2) is 0 Å². The van der Waals surface area contributed by atoms with Crippen molar-refractivity contribution in [2.75, 3.05) is 13.2 Å². The molecule has 1 atom stereocenters. The number of aryl methyl sites for hydroxylation is 1. The summed E-state index contributed by atoms with van der Waals surface area (Å²) in [7, 11) is 0. The summed E-state index contributed by atoms with van der Waals surface area (Å²) in [6.07, 6.45) is 0.809. The Hall–Kier alpha value is -1.35. The van der Waals surface area contributed by atoms with Crippen LogP contribution >= 0.6 is 0 Å². The lowest BCUT2D eigenvalue weighted by molar-refractivity contribution is -0.0661. The molecule has 1 unspecified atom stereocenters. The molecule has 0 aliphatic carbocycles. The monoisotopic (exact) mass is 219 g/mol. The smallest absolute Gasteiger partial charge is 0.255 e. The molecular formula is C13H17NO2. The van der Waals surface area contributed by atoms with Gasteiger partial charge in [0.15, 0.2) is 0 Å². The van der Waals surface area contributed by atoms with Crippen molar-refractivity contribution in [3.05, 3.63) is 35.4 Å². The highest BCUT2D eigenvalue weighted by Crippen LogP contribution is 2.15. The normalized spacial score (nSPS) is 20.9. The second-order valence-corrected chi connectivity index (χ2v) is 4.19. The summed E-state index contributed by atoms with van der Waals surface area (Å²) in [5, 5.41) is 0. The Labute approximate surface area is 96.0 Å². The average molecular weight is 219 g/mol. The van der Waals surface area contributed by atoms with Crippen LogP contribution in [-0.4, -0.2) is 30.2 Å². The van der Waals surface area contributed by atoms with E-state index in [0.29, 0.717) is 0 Å². The lowest BCUT2D eigenvalue weighted by Gasteiger charge is -2.33. The number of ether oxygens (including phenoxy) is 1. The summed E-state index contributed by atoms with van der Waals surface area (Å²) >= 11 is 0.